The number of benzene rings is 1. The number of ether oxygens (including phenoxy) is 1. The van der Waals surface area contributed by atoms with Gasteiger partial charge in [-0.15, -0.1) is 0 Å². The van der Waals surface area contributed by atoms with Gasteiger partial charge in [0.1, 0.15) is 6.54 Å². The minimum Gasteiger partial charge on any atom is -0.466 e. The first-order chi connectivity index (χ1) is 9.58. The molecule has 0 saturated carbocycles. The van der Waals surface area contributed by atoms with Gasteiger partial charge >= 0.3 is 5.97 Å². The highest BCUT2D eigenvalue weighted by atomic mass is 35.5. The summed E-state index contributed by atoms with van der Waals surface area (Å²) in [6, 6.07) is 8.58. The molecule has 20 heavy (non-hydrogen) atoms. The Labute approximate surface area is 122 Å². The standard InChI is InChI=1S/C14H15ClN2O3/c1-2-20-14(19)7-6-13(18)17(9-8-16)12-5-3-4-11(15)10-12/h3-5,10H,2,6-7,9H2,1H3. The number of amides is 1. The normalized spacial score (nSPS) is 9.65. The minimum absolute atomic E-state index is 0.00479. The van der Waals surface area contributed by atoms with Gasteiger partial charge < -0.3 is 4.74 Å². The molecule has 5 nitrogen and oxygen atoms in total. The number of rotatable bonds is 6. The number of nitriles is 1. The third kappa shape index (κ3) is 4.90. The molecule has 0 atom stereocenters. The zero-order chi connectivity index (χ0) is 15.0. The van der Waals surface area contributed by atoms with Crippen molar-refractivity contribution in [1.29, 1.82) is 5.26 Å². The number of carbonyl (C=O) groups excluding carboxylic acids is 2. The van der Waals surface area contributed by atoms with Gasteiger partial charge in [-0.1, -0.05) is 17.7 Å². The zero-order valence-electron chi connectivity index (χ0n) is 11.1. The summed E-state index contributed by atoms with van der Waals surface area (Å²) in [6.45, 7) is 1.89. The first kappa shape index (κ1) is 16.0. The molecule has 1 aromatic carbocycles. The van der Waals surface area contributed by atoms with Crippen LogP contribution in [0.15, 0.2) is 24.3 Å². The molecule has 0 spiro atoms. The summed E-state index contributed by atoms with van der Waals surface area (Å²) in [4.78, 5) is 24.6. The van der Waals surface area contributed by atoms with E-state index < -0.39 is 5.97 Å². The van der Waals surface area contributed by atoms with Crippen LogP contribution in [0, 0.1) is 11.3 Å². The van der Waals surface area contributed by atoms with E-state index in [-0.39, 0.29) is 31.9 Å². The minimum atomic E-state index is -0.427. The van der Waals surface area contributed by atoms with Crippen molar-refractivity contribution < 1.29 is 14.3 Å². The second-order valence-corrected chi connectivity index (χ2v) is 4.36. The van der Waals surface area contributed by atoms with E-state index in [4.69, 9.17) is 21.6 Å². The largest absolute Gasteiger partial charge is 0.466 e. The van der Waals surface area contributed by atoms with Crippen LogP contribution >= 0.6 is 11.6 Å². The van der Waals surface area contributed by atoms with Crippen molar-refractivity contribution in [2.45, 2.75) is 19.8 Å². The van der Waals surface area contributed by atoms with Crippen molar-refractivity contribution in [3.63, 3.8) is 0 Å². The predicted molar refractivity (Wildman–Crippen MR) is 75.3 cm³/mol. The van der Waals surface area contributed by atoms with Gasteiger partial charge in [0.05, 0.1) is 19.1 Å². The van der Waals surface area contributed by atoms with Gasteiger partial charge in [-0.25, -0.2) is 0 Å². The summed E-state index contributed by atoms with van der Waals surface area (Å²) in [5.41, 5.74) is 0.535. The van der Waals surface area contributed by atoms with E-state index in [1.165, 1.54) is 4.90 Å². The average molecular weight is 295 g/mol. The van der Waals surface area contributed by atoms with Crippen molar-refractivity contribution in [1.82, 2.24) is 0 Å². The Kier molecular flexibility index (Phi) is 6.54. The van der Waals surface area contributed by atoms with Crippen LogP contribution in [0.2, 0.25) is 5.02 Å². The van der Waals surface area contributed by atoms with Gasteiger partial charge in [-0.3, -0.25) is 14.5 Å². The van der Waals surface area contributed by atoms with E-state index >= 15 is 0 Å². The maximum Gasteiger partial charge on any atom is 0.306 e. The van der Waals surface area contributed by atoms with E-state index in [1.54, 1.807) is 31.2 Å². The molecule has 0 fully saturated rings. The van der Waals surface area contributed by atoms with Gasteiger partial charge in [-0.05, 0) is 25.1 Å². The van der Waals surface area contributed by atoms with Crippen LogP contribution in [-0.4, -0.2) is 25.0 Å². The molecule has 1 rings (SSSR count). The van der Waals surface area contributed by atoms with E-state index in [1.807, 2.05) is 6.07 Å². The Morgan fingerprint density at radius 2 is 2.15 bits per heavy atom. The summed E-state index contributed by atoms with van der Waals surface area (Å²) in [6.07, 6.45) is -0.0117. The topological polar surface area (TPSA) is 70.4 Å². The third-order valence-electron chi connectivity index (χ3n) is 2.50. The molecule has 0 aliphatic rings. The van der Waals surface area contributed by atoms with Gasteiger partial charge in [-0.2, -0.15) is 5.26 Å². The molecular formula is C14H15ClN2O3. The number of esters is 1. The Balaban J connectivity index is 2.73. The molecule has 0 radical (unpaired) electrons. The lowest BCUT2D eigenvalue weighted by Crippen LogP contribution is -2.31. The summed E-state index contributed by atoms with van der Waals surface area (Å²) >= 11 is 5.87. The van der Waals surface area contributed by atoms with E-state index in [0.29, 0.717) is 10.7 Å². The molecule has 0 aliphatic heterocycles. The summed E-state index contributed by atoms with van der Waals surface area (Å²) in [5, 5.41) is 9.28. The van der Waals surface area contributed by atoms with Gasteiger partial charge in [0.2, 0.25) is 5.91 Å². The highest BCUT2D eigenvalue weighted by Gasteiger charge is 2.17. The third-order valence-corrected chi connectivity index (χ3v) is 2.73. The Morgan fingerprint density at radius 1 is 1.40 bits per heavy atom. The lowest BCUT2D eigenvalue weighted by molar-refractivity contribution is -0.144. The maximum atomic E-state index is 12.1. The molecule has 0 aliphatic carbocycles. The Morgan fingerprint density at radius 3 is 2.75 bits per heavy atom. The Hall–Kier alpha value is -2.06. The fourth-order valence-electron chi connectivity index (χ4n) is 1.62. The van der Waals surface area contributed by atoms with E-state index in [9.17, 15) is 9.59 Å². The molecule has 1 amide bonds. The monoisotopic (exact) mass is 294 g/mol. The molecule has 0 unspecified atom stereocenters. The van der Waals surface area contributed by atoms with Crippen LogP contribution in [0.1, 0.15) is 19.8 Å². The highest BCUT2D eigenvalue weighted by Crippen LogP contribution is 2.20. The first-order valence-corrected chi connectivity index (χ1v) is 6.54. The van der Waals surface area contributed by atoms with E-state index in [2.05, 4.69) is 0 Å². The number of anilines is 1. The van der Waals surface area contributed by atoms with Crippen LogP contribution in [0.3, 0.4) is 0 Å². The fraction of sp³-hybridized carbons (Fsp3) is 0.357. The van der Waals surface area contributed by atoms with Gasteiger partial charge in [0.15, 0.2) is 0 Å². The quantitative estimate of drug-likeness (QED) is 0.597. The van der Waals surface area contributed by atoms with Crippen LogP contribution in [-0.2, 0) is 14.3 Å². The summed E-state index contributed by atoms with van der Waals surface area (Å²) < 4.78 is 4.76. The van der Waals surface area contributed by atoms with Crippen LogP contribution in [0.4, 0.5) is 5.69 Å². The van der Waals surface area contributed by atoms with E-state index in [0.717, 1.165) is 0 Å². The highest BCUT2D eigenvalue weighted by molar-refractivity contribution is 6.30. The van der Waals surface area contributed by atoms with Crippen LogP contribution in [0.25, 0.3) is 0 Å². The van der Waals surface area contributed by atoms with Gasteiger partial charge in [0.25, 0.3) is 0 Å². The van der Waals surface area contributed by atoms with Gasteiger partial charge in [0, 0.05) is 17.1 Å². The van der Waals surface area contributed by atoms with Crippen molar-refractivity contribution in [2.75, 3.05) is 18.1 Å². The lowest BCUT2D eigenvalue weighted by atomic mass is 10.2. The molecule has 0 bridgehead atoms. The molecule has 0 aromatic heterocycles. The van der Waals surface area contributed by atoms with Crippen LogP contribution < -0.4 is 4.90 Å². The average Bonchev–Trinajstić information content (AvgIpc) is 2.42. The van der Waals surface area contributed by atoms with Crippen molar-refractivity contribution >= 4 is 29.2 Å². The van der Waals surface area contributed by atoms with Crippen molar-refractivity contribution in [3.8, 4) is 6.07 Å². The summed E-state index contributed by atoms with van der Waals surface area (Å²) in [7, 11) is 0. The molecule has 0 N–H and O–H groups in total. The number of hydrogen-bond donors (Lipinski definition) is 0. The first-order valence-electron chi connectivity index (χ1n) is 6.17. The molecule has 106 valence electrons. The van der Waals surface area contributed by atoms with Crippen molar-refractivity contribution in [3.05, 3.63) is 29.3 Å². The molecular weight excluding hydrogens is 280 g/mol. The number of nitrogens with zero attached hydrogens (tertiary/aromatic N) is 2. The number of halogens is 1. The predicted octanol–water partition coefficient (Wildman–Crippen LogP) is 2.54. The summed E-state index contributed by atoms with van der Waals surface area (Å²) in [5.74, 6) is -0.745. The smallest absolute Gasteiger partial charge is 0.306 e. The maximum absolute atomic E-state index is 12.1. The second kappa shape index (κ2) is 8.18. The SMILES string of the molecule is CCOC(=O)CCC(=O)N(CC#N)c1cccc(Cl)c1. The molecule has 6 heteroatoms. The fourth-order valence-corrected chi connectivity index (χ4v) is 1.80. The molecule has 0 saturated heterocycles. The van der Waals surface area contributed by atoms with Crippen molar-refractivity contribution in [2.24, 2.45) is 0 Å². The lowest BCUT2D eigenvalue weighted by Gasteiger charge is -2.19. The number of carbonyl (C=O) groups is 2. The molecule has 1 aromatic rings. The Bertz CT molecular complexity index is 525. The second-order valence-electron chi connectivity index (χ2n) is 3.92. The molecule has 0 heterocycles. The van der Waals surface area contributed by atoms with Crippen LogP contribution in [0.5, 0.6) is 0 Å². The zero-order valence-corrected chi connectivity index (χ0v) is 11.9. The number of hydrogen-bond acceptors (Lipinski definition) is 4.